The van der Waals surface area contributed by atoms with Crippen molar-refractivity contribution in [2.45, 2.75) is 46.1 Å². The summed E-state index contributed by atoms with van der Waals surface area (Å²) < 4.78 is 2.26. The fourth-order valence-electron chi connectivity index (χ4n) is 3.92. The third-order valence-corrected chi connectivity index (χ3v) is 4.63. The quantitative estimate of drug-likeness (QED) is 0.906. The van der Waals surface area contributed by atoms with Crippen molar-refractivity contribution in [1.29, 1.82) is 0 Å². The molecule has 1 saturated carbocycles. The topological polar surface area (TPSA) is 55.1 Å². The van der Waals surface area contributed by atoms with Crippen LogP contribution in [0.4, 0.5) is 0 Å². The number of aryl methyl sites for hydroxylation is 1. The molecule has 1 aromatic heterocycles. The van der Waals surface area contributed by atoms with Gasteiger partial charge < -0.3 is 9.67 Å². The van der Waals surface area contributed by atoms with E-state index >= 15 is 0 Å². The van der Waals surface area contributed by atoms with Crippen LogP contribution in [0.25, 0.3) is 11.0 Å². The van der Waals surface area contributed by atoms with Crippen molar-refractivity contribution in [2.75, 3.05) is 0 Å². The van der Waals surface area contributed by atoms with E-state index in [2.05, 4.69) is 23.4 Å². The summed E-state index contributed by atoms with van der Waals surface area (Å²) in [6.45, 7) is 6.63. The minimum absolute atomic E-state index is 0.334. The molecule has 0 bridgehead atoms. The lowest BCUT2D eigenvalue weighted by Gasteiger charge is -2.33. The molecule has 4 heteroatoms. The van der Waals surface area contributed by atoms with Crippen LogP contribution in [0.3, 0.4) is 0 Å². The van der Waals surface area contributed by atoms with E-state index in [4.69, 9.17) is 0 Å². The standard InChI is InChI=1S/C17H22N2O2/c1-10-6-11(2)8-14(7-10)19-12(3)18-15-5-4-13(17(20)21)9-16(15)19/h4-5,9-11,14H,6-8H2,1-3H3,(H,20,21). The molecule has 2 unspecified atom stereocenters. The highest BCUT2D eigenvalue weighted by molar-refractivity contribution is 5.92. The molecule has 2 atom stereocenters. The molecule has 3 rings (SSSR count). The molecule has 4 nitrogen and oxygen atoms in total. The Kier molecular flexibility index (Phi) is 3.47. The van der Waals surface area contributed by atoms with Gasteiger partial charge in [0.15, 0.2) is 0 Å². The Morgan fingerprint density at radius 2 is 1.90 bits per heavy atom. The van der Waals surface area contributed by atoms with Crippen molar-refractivity contribution < 1.29 is 9.90 Å². The predicted molar refractivity (Wildman–Crippen MR) is 82.6 cm³/mol. The van der Waals surface area contributed by atoms with Crippen LogP contribution in [0.5, 0.6) is 0 Å². The van der Waals surface area contributed by atoms with E-state index in [-0.39, 0.29) is 0 Å². The average molecular weight is 286 g/mol. The van der Waals surface area contributed by atoms with E-state index < -0.39 is 5.97 Å². The zero-order chi connectivity index (χ0) is 15.1. The lowest BCUT2D eigenvalue weighted by molar-refractivity contribution is 0.0697. The van der Waals surface area contributed by atoms with Crippen molar-refractivity contribution in [1.82, 2.24) is 9.55 Å². The fraction of sp³-hybridized carbons (Fsp3) is 0.529. The van der Waals surface area contributed by atoms with Crippen molar-refractivity contribution in [3.05, 3.63) is 29.6 Å². The number of benzene rings is 1. The Labute approximate surface area is 124 Å². The molecular weight excluding hydrogens is 264 g/mol. The summed E-state index contributed by atoms with van der Waals surface area (Å²) in [7, 11) is 0. The molecule has 0 saturated heterocycles. The summed E-state index contributed by atoms with van der Waals surface area (Å²) in [5, 5.41) is 9.21. The number of nitrogens with zero attached hydrogens (tertiary/aromatic N) is 2. The van der Waals surface area contributed by atoms with E-state index in [9.17, 15) is 9.90 Å². The molecule has 21 heavy (non-hydrogen) atoms. The van der Waals surface area contributed by atoms with Gasteiger partial charge in [-0.3, -0.25) is 0 Å². The first-order valence-electron chi connectivity index (χ1n) is 7.67. The summed E-state index contributed by atoms with van der Waals surface area (Å²) in [6, 6.07) is 5.64. The number of hydrogen-bond acceptors (Lipinski definition) is 2. The van der Waals surface area contributed by atoms with Gasteiger partial charge in [0.1, 0.15) is 5.82 Å². The summed E-state index contributed by atoms with van der Waals surface area (Å²) in [4.78, 5) is 15.8. The van der Waals surface area contributed by atoms with Crippen LogP contribution < -0.4 is 0 Å². The molecule has 1 N–H and O–H groups in total. The third-order valence-electron chi connectivity index (χ3n) is 4.63. The average Bonchev–Trinajstić information content (AvgIpc) is 2.72. The van der Waals surface area contributed by atoms with Gasteiger partial charge >= 0.3 is 5.97 Å². The van der Waals surface area contributed by atoms with Crippen LogP contribution in [0, 0.1) is 18.8 Å². The normalized spacial score (nSPS) is 26.1. The first-order chi connectivity index (χ1) is 9.95. The molecule has 0 aliphatic heterocycles. The molecule has 0 amide bonds. The number of aromatic carboxylic acids is 1. The van der Waals surface area contributed by atoms with E-state index in [0.29, 0.717) is 23.4 Å². The maximum absolute atomic E-state index is 11.2. The van der Waals surface area contributed by atoms with Gasteiger partial charge in [-0.1, -0.05) is 13.8 Å². The lowest BCUT2D eigenvalue weighted by Crippen LogP contribution is -2.23. The van der Waals surface area contributed by atoms with Crippen LogP contribution in [0.15, 0.2) is 18.2 Å². The zero-order valence-electron chi connectivity index (χ0n) is 12.8. The van der Waals surface area contributed by atoms with Gasteiger partial charge in [-0.2, -0.15) is 0 Å². The Balaban J connectivity index is 2.10. The summed E-state index contributed by atoms with van der Waals surface area (Å²) in [6.07, 6.45) is 3.57. The third kappa shape index (κ3) is 2.55. The second-order valence-electron chi connectivity index (χ2n) is 6.61. The highest BCUT2D eigenvalue weighted by Gasteiger charge is 2.27. The number of imidazole rings is 1. The van der Waals surface area contributed by atoms with Crippen LogP contribution in [-0.2, 0) is 0 Å². The van der Waals surface area contributed by atoms with Gasteiger partial charge in [0.2, 0.25) is 0 Å². The smallest absolute Gasteiger partial charge is 0.335 e. The van der Waals surface area contributed by atoms with Gasteiger partial charge in [-0.05, 0) is 56.2 Å². The molecule has 0 spiro atoms. The fourth-order valence-corrected chi connectivity index (χ4v) is 3.92. The maximum Gasteiger partial charge on any atom is 0.335 e. The minimum atomic E-state index is -0.882. The molecule has 1 fully saturated rings. The molecule has 2 aromatic rings. The molecule has 112 valence electrons. The van der Waals surface area contributed by atoms with Gasteiger partial charge in [0.05, 0.1) is 16.6 Å². The van der Waals surface area contributed by atoms with E-state index in [0.717, 1.165) is 29.7 Å². The van der Waals surface area contributed by atoms with Gasteiger partial charge in [0, 0.05) is 6.04 Å². The summed E-state index contributed by atoms with van der Waals surface area (Å²) in [5.41, 5.74) is 2.18. The van der Waals surface area contributed by atoms with E-state index in [1.807, 2.05) is 13.0 Å². The van der Waals surface area contributed by atoms with Gasteiger partial charge in [-0.15, -0.1) is 0 Å². The monoisotopic (exact) mass is 286 g/mol. The first-order valence-corrected chi connectivity index (χ1v) is 7.67. The molecule has 1 aromatic carbocycles. The molecular formula is C17H22N2O2. The highest BCUT2D eigenvalue weighted by atomic mass is 16.4. The summed E-state index contributed by atoms with van der Waals surface area (Å²) >= 11 is 0. The minimum Gasteiger partial charge on any atom is -0.478 e. The summed E-state index contributed by atoms with van der Waals surface area (Å²) in [5.74, 6) is 1.52. The van der Waals surface area contributed by atoms with E-state index in [1.165, 1.54) is 6.42 Å². The molecule has 1 aliphatic carbocycles. The van der Waals surface area contributed by atoms with Crippen molar-refractivity contribution in [3.63, 3.8) is 0 Å². The Morgan fingerprint density at radius 1 is 1.24 bits per heavy atom. The number of fused-ring (bicyclic) bond motifs is 1. The van der Waals surface area contributed by atoms with Crippen LogP contribution in [0.1, 0.15) is 55.3 Å². The Hall–Kier alpha value is -1.84. The number of rotatable bonds is 2. The first kappa shape index (κ1) is 14.1. The van der Waals surface area contributed by atoms with Crippen LogP contribution >= 0.6 is 0 Å². The Morgan fingerprint density at radius 3 is 2.52 bits per heavy atom. The second kappa shape index (κ2) is 5.17. The largest absolute Gasteiger partial charge is 0.478 e. The SMILES string of the molecule is Cc1nc2ccc(C(=O)O)cc2n1C1CC(C)CC(C)C1. The van der Waals surface area contributed by atoms with Gasteiger partial charge in [-0.25, -0.2) is 9.78 Å². The van der Waals surface area contributed by atoms with E-state index in [1.54, 1.807) is 12.1 Å². The predicted octanol–water partition coefficient (Wildman–Crippen LogP) is 4.04. The number of carboxylic acids is 1. The Bertz CT molecular complexity index is 679. The number of aromatic nitrogens is 2. The van der Waals surface area contributed by atoms with Crippen molar-refractivity contribution in [2.24, 2.45) is 11.8 Å². The van der Waals surface area contributed by atoms with Gasteiger partial charge in [0.25, 0.3) is 0 Å². The molecule has 1 heterocycles. The van der Waals surface area contributed by atoms with Crippen molar-refractivity contribution >= 4 is 17.0 Å². The number of hydrogen-bond donors (Lipinski definition) is 1. The highest BCUT2D eigenvalue weighted by Crippen LogP contribution is 2.38. The lowest BCUT2D eigenvalue weighted by atomic mass is 9.80. The van der Waals surface area contributed by atoms with Crippen molar-refractivity contribution in [3.8, 4) is 0 Å². The number of carbonyl (C=O) groups is 1. The molecule has 1 aliphatic rings. The number of carboxylic acid groups (broad SMARTS) is 1. The second-order valence-corrected chi connectivity index (χ2v) is 6.61. The van der Waals surface area contributed by atoms with Crippen LogP contribution in [0.2, 0.25) is 0 Å². The molecule has 0 radical (unpaired) electrons. The zero-order valence-corrected chi connectivity index (χ0v) is 12.8. The maximum atomic E-state index is 11.2. The van der Waals surface area contributed by atoms with Crippen LogP contribution in [-0.4, -0.2) is 20.6 Å².